The molecule has 25 heavy (non-hydrogen) atoms. The van der Waals surface area contributed by atoms with Gasteiger partial charge in [-0.25, -0.2) is 0 Å². The van der Waals surface area contributed by atoms with E-state index in [9.17, 15) is 4.79 Å². The third-order valence-electron chi connectivity index (χ3n) is 3.52. The second kappa shape index (κ2) is 7.71. The van der Waals surface area contributed by atoms with Crippen molar-refractivity contribution in [3.8, 4) is 22.1 Å². The van der Waals surface area contributed by atoms with Gasteiger partial charge in [-0.05, 0) is 30.5 Å². The van der Waals surface area contributed by atoms with Crippen molar-refractivity contribution in [3.05, 3.63) is 41.8 Å². The fourth-order valence-corrected chi connectivity index (χ4v) is 3.90. The van der Waals surface area contributed by atoms with Crippen molar-refractivity contribution in [3.63, 3.8) is 0 Å². The Balaban J connectivity index is 2.12. The van der Waals surface area contributed by atoms with Crippen LogP contribution in [0.3, 0.4) is 0 Å². The van der Waals surface area contributed by atoms with Gasteiger partial charge < -0.3 is 9.47 Å². The maximum atomic E-state index is 11.8. The minimum Gasteiger partial charge on any atom is -0.495 e. The van der Waals surface area contributed by atoms with Gasteiger partial charge in [-0.3, -0.25) is 9.36 Å². The average Bonchev–Trinajstić information content (AvgIpc) is 3.30. The largest absolute Gasteiger partial charge is 0.495 e. The van der Waals surface area contributed by atoms with Crippen LogP contribution in [0.4, 0.5) is 0 Å². The number of aromatic nitrogens is 3. The molecule has 0 aliphatic rings. The number of hydrogen-bond acceptors (Lipinski definition) is 7. The van der Waals surface area contributed by atoms with Gasteiger partial charge in [-0.2, -0.15) is 0 Å². The molecule has 1 atom stereocenters. The fraction of sp³-hybridized carbons (Fsp3) is 0.235. The van der Waals surface area contributed by atoms with Crippen LogP contribution in [0.15, 0.2) is 46.9 Å². The van der Waals surface area contributed by atoms with E-state index in [-0.39, 0.29) is 5.97 Å². The smallest absolute Gasteiger partial charge is 0.318 e. The summed E-state index contributed by atoms with van der Waals surface area (Å²) >= 11 is 2.88. The molecule has 130 valence electrons. The standard InChI is InChI=1S/C17H17N3O3S2/c1-11(16(21)23-3)25-17-19-18-15(14-9-6-10-24-14)20(17)12-7-4-5-8-13(12)22-2/h4-11H,1-3H3. The Hall–Kier alpha value is -2.32. The van der Waals surface area contributed by atoms with Gasteiger partial charge in [0.1, 0.15) is 11.0 Å². The van der Waals surface area contributed by atoms with Gasteiger partial charge in [0, 0.05) is 0 Å². The first kappa shape index (κ1) is 17.5. The molecule has 1 unspecified atom stereocenters. The van der Waals surface area contributed by atoms with E-state index in [2.05, 4.69) is 10.2 Å². The number of esters is 1. The van der Waals surface area contributed by atoms with Crippen molar-refractivity contribution in [1.29, 1.82) is 0 Å². The molecule has 0 saturated carbocycles. The number of methoxy groups -OCH3 is 2. The van der Waals surface area contributed by atoms with Crippen LogP contribution in [0.25, 0.3) is 16.4 Å². The SMILES string of the molecule is COC(=O)C(C)Sc1nnc(-c2cccs2)n1-c1ccccc1OC. The van der Waals surface area contributed by atoms with Gasteiger partial charge in [-0.15, -0.1) is 21.5 Å². The first-order valence-corrected chi connectivity index (χ1v) is 9.28. The lowest BCUT2D eigenvalue weighted by molar-refractivity contribution is -0.139. The van der Waals surface area contributed by atoms with E-state index in [1.807, 2.05) is 46.3 Å². The Morgan fingerprint density at radius 1 is 1.20 bits per heavy atom. The number of rotatable bonds is 6. The molecule has 8 heteroatoms. The lowest BCUT2D eigenvalue weighted by Gasteiger charge is -2.14. The zero-order chi connectivity index (χ0) is 17.8. The van der Waals surface area contributed by atoms with Gasteiger partial charge >= 0.3 is 5.97 Å². The number of thioether (sulfide) groups is 1. The van der Waals surface area contributed by atoms with E-state index in [1.54, 1.807) is 25.4 Å². The second-order valence-corrected chi connectivity index (χ2v) is 7.33. The van der Waals surface area contributed by atoms with Gasteiger partial charge in [0.15, 0.2) is 11.0 Å². The molecule has 0 aliphatic carbocycles. The second-order valence-electron chi connectivity index (χ2n) is 5.07. The number of para-hydroxylation sites is 2. The third-order valence-corrected chi connectivity index (χ3v) is 5.40. The highest BCUT2D eigenvalue weighted by molar-refractivity contribution is 8.00. The van der Waals surface area contributed by atoms with Crippen LogP contribution in [0.2, 0.25) is 0 Å². The summed E-state index contributed by atoms with van der Waals surface area (Å²) in [7, 11) is 3.00. The maximum absolute atomic E-state index is 11.8. The van der Waals surface area contributed by atoms with Crippen LogP contribution >= 0.6 is 23.1 Å². The molecule has 3 rings (SSSR count). The number of benzene rings is 1. The fourth-order valence-electron chi connectivity index (χ4n) is 2.32. The lowest BCUT2D eigenvalue weighted by Crippen LogP contribution is -2.15. The van der Waals surface area contributed by atoms with Gasteiger partial charge in [-0.1, -0.05) is 30.0 Å². The van der Waals surface area contributed by atoms with Crippen LogP contribution < -0.4 is 4.74 Å². The Morgan fingerprint density at radius 2 is 2.00 bits per heavy atom. The number of carbonyl (C=O) groups is 1. The molecule has 2 heterocycles. The Morgan fingerprint density at radius 3 is 2.68 bits per heavy atom. The Bertz CT molecular complexity index is 862. The highest BCUT2D eigenvalue weighted by atomic mass is 32.2. The summed E-state index contributed by atoms with van der Waals surface area (Å²) in [4.78, 5) is 12.8. The predicted octanol–water partition coefficient (Wildman–Crippen LogP) is 3.66. The van der Waals surface area contributed by atoms with E-state index in [4.69, 9.17) is 9.47 Å². The molecular weight excluding hydrogens is 358 g/mol. The minimum absolute atomic E-state index is 0.308. The molecule has 0 amide bonds. The van der Waals surface area contributed by atoms with Crippen LogP contribution in [-0.4, -0.2) is 40.2 Å². The number of hydrogen-bond donors (Lipinski definition) is 0. The molecule has 0 aliphatic heterocycles. The van der Waals surface area contributed by atoms with Gasteiger partial charge in [0.05, 0.1) is 24.8 Å². The summed E-state index contributed by atoms with van der Waals surface area (Å²) in [5, 5.41) is 10.8. The van der Waals surface area contributed by atoms with E-state index in [1.165, 1.54) is 18.9 Å². The number of carbonyl (C=O) groups excluding carboxylic acids is 1. The lowest BCUT2D eigenvalue weighted by atomic mass is 10.3. The molecule has 0 fully saturated rings. The van der Waals surface area contributed by atoms with Gasteiger partial charge in [0.2, 0.25) is 0 Å². The molecule has 3 aromatic rings. The van der Waals surface area contributed by atoms with Crippen LogP contribution in [0.5, 0.6) is 5.75 Å². The summed E-state index contributed by atoms with van der Waals surface area (Å²) < 4.78 is 12.2. The van der Waals surface area contributed by atoms with E-state index >= 15 is 0 Å². The van der Waals surface area contributed by atoms with Crippen molar-refractivity contribution < 1.29 is 14.3 Å². The Labute approximate surface area is 153 Å². The highest BCUT2D eigenvalue weighted by Crippen LogP contribution is 2.35. The summed E-state index contributed by atoms with van der Waals surface area (Å²) in [5.41, 5.74) is 0.818. The summed E-state index contributed by atoms with van der Waals surface area (Å²) in [6.07, 6.45) is 0. The first-order chi connectivity index (χ1) is 12.2. The van der Waals surface area contributed by atoms with Crippen LogP contribution in [0.1, 0.15) is 6.92 Å². The zero-order valence-electron chi connectivity index (χ0n) is 14.0. The molecule has 2 aromatic heterocycles. The molecule has 6 nitrogen and oxygen atoms in total. The highest BCUT2D eigenvalue weighted by Gasteiger charge is 2.23. The predicted molar refractivity (Wildman–Crippen MR) is 98.6 cm³/mol. The van der Waals surface area contributed by atoms with Crippen molar-refractivity contribution in [2.45, 2.75) is 17.3 Å². The number of thiophene rings is 1. The summed E-state index contributed by atoms with van der Waals surface area (Å²) in [6.45, 7) is 1.78. The molecule has 0 bridgehead atoms. The monoisotopic (exact) mass is 375 g/mol. The molecule has 0 spiro atoms. The Kier molecular flexibility index (Phi) is 5.40. The molecule has 1 aromatic carbocycles. The molecule has 0 radical (unpaired) electrons. The topological polar surface area (TPSA) is 66.2 Å². The normalized spacial score (nSPS) is 12.0. The number of nitrogens with zero attached hydrogens (tertiary/aromatic N) is 3. The minimum atomic E-state index is -0.404. The maximum Gasteiger partial charge on any atom is 0.318 e. The van der Waals surface area contributed by atoms with E-state index in [0.717, 1.165) is 10.6 Å². The van der Waals surface area contributed by atoms with Crippen molar-refractivity contribution in [1.82, 2.24) is 14.8 Å². The van der Waals surface area contributed by atoms with Crippen LogP contribution in [0, 0.1) is 0 Å². The molecule has 0 N–H and O–H groups in total. The summed E-state index contributed by atoms with van der Waals surface area (Å²) in [6, 6.07) is 11.6. The molecular formula is C17H17N3O3S2. The number of ether oxygens (including phenoxy) is 2. The van der Waals surface area contributed by atoms with Gasteiger partial charge in [0.25, 0.3) is 0 Å². The van der Waals surface area contributed by atoms with Crippen molar-refractivity contribution in [2.75, 3.05) is 14.2 Å². The molecule has 0 saturated heterocycles. The van der Waals surface area contributed by atoms with E-state index < -0.39 is 5.25 Å². The quantitative estimate of drug-likeness (QED) is 0.484. The summed E-state index contributed by atoms with van der Waals surface area (Å²) in [5.74, 6) is 1.10. The van der Waals surface area contributed by atoms with Crippen molar-refractivity contribution in [2.24, 2.45) is 0 Å². The average molecular weight is 375 g/mol. The van der Waals surface area contributed by atoms with Crippen molar-refractivity contribution >= 4 is 29.1 Å². The zero-order valence-corrected chi connectivity index (χ0v) is 15.6. The third kappa shape index (κ3) is 3.54. The van der Waals surface area contributed by atoms with E-state index in [0.29, 0.717) is 16.7 Å². The van der Waals surface area contributed by atoms with Crippen LogP contribution in [-0.2, 0) is 9.53 Å². The first-order valence-electron chi connectivity index (χ1n) is 7.53.